The second-order valence-electron chi connectivity index (χ2n) is 18.0. The lowest BCUT2D eigenvalue weighted by molar-refractivity contribution is 0.521. The molecular formula is C54H102S2. The maximum atomic E-state index is 2.49. The summed E-state index contributed by atoms with van der Waals surface area (Å²) in [6.45, 7) is 6.94. The molecule has 0 amide bonds. The van der Waals surface area contributed by atoms with Crippen molar-refractivity contribution in [2.75, 3.05) is 11.5 Å². The zero-order valence-electron chi connectivity index (χ0n) is 38.9. The van der Waals surface area contributed by atoms with E-state index in [0.717, 1.165) is 6.42 Å². The van der Waals surface area contributed by atoms with E-state index in [0.29, 0.717) is 0 Å². The fraction of sp³-hybridized carbons (Fsp3) is 0.889. The molecule has 0 atom stereocenters. The topological polar surface area (TPSA) is 0 Å². The summed E-state index contributed by atoms with van der Waals surface area (Å²) in [5.41, 5.74) is 1.52. The minimum absolute atomic E-state index is 1.15. The molecule has 1 aromatic rings. The normalized spacial score (nSPS) is 11.6. The van der Waals surface area contributed by atoms with Crippen LogP contribution in [0.15, 0.2) is 28.0 Å². The summed E-state index contributed by atoms with van der Waals surface area (Å²) in [5.74, 6) is 2.57. The first kappa shape index (κ1) is 53.9. The fourth-order valence-electron chi connectivity index (χ4n) is 8.45. The average molecular weight is 816 g/mol. The van der Waals surface area contributed by atoms with Crippen molar-refractivity contribution in [1.29, 1.82) is 0 Å². The lowest BCUT2D eigenvalue weighted by atomic mass is 10.0. The number of rotatable bonds is 47. The molecule has 1 aromatic carbocycles. The number of aryl methyl sites for hydroxylation is 1. The Labute approximate surface area is 363 Å². The van der Waals surface area contributed by atoms with Gasteiger partial charge in [0.15, 0.2) is 0 Å². The minimum Gasteiger partial charge on any atom is -0.126 e. The maximum absolute atomic E-state index is 2.49. The maximum Gasteiger partial charge on any atom is 0.00858 e. The zero-order valence-corrected chi connectivity index (χ0v) is 40.5. The molecule has 0 aliphatic rings. The molecule has 0 saturated heterocycles. The monoisotopic (exact) mass is 815 g/mol. The van der Waals surface area contributed by atoms with Gasteiger partial charge in [-0.1, -0.05) is 278 Å². The molecule has 0 spiro atoms. The van der Waals surface area contributed by atoms with Gasteiger partial charge in [0.25, 0.3) is 0 Å². The summed E-state index contributed by atoms with van der Waals surface area (Å²) >= 11 is 4.22. The third-order valence-electron chi connectivity index (χ3n) is 12.4. The number of hydrogen-bond donors (Lipinski definition) is 0. The van der Waals surface area contributed by atoms with Crippen LogP contribution in [0.5, 0.6) is 0 Å². The molecule has 0 heterocycles. The summed E-state index contributed by atoms with van der Waals surface area (Å²) < 4.78 is 0. The Morgan fingerprint density at radius 3 is 0.643 bits per heavy atom. The molecule has 56 heavy (non-hydrogen) atoms. The predicted octanol–water partition coefficient (Wildman–Crippen LogP) is 20.9. The van der Waals surface area contributed by atoms with Crippen LogP contribution in [0.4, 0.5) is 0 Å². The van der Waals surface area contributed by atoms with E-state index in [1.54, 1.807) is 0 Å². The molecule has 0 radical (unpaired) electrons. The van der Waals surface area contributed by atoms with Gasteiger partial charge in [0, 0.05) is 9.79 Å². The van der Waals surface area contributed by atoms with E-state index in [9.17, 15) is 0 Å². The van der Waals surface area contributed by atoms with Gasteiger partial charge in [-0.15, -0.1) is 23.5 Å². The number of unbranched alkanes of at least 4 members (excludes halogenated alkanes) is 40. The van der Waals surface area contributed by atoms with Crippen LogP contribution in [0.3, 0.4) is 0 Å². The Hall–Kier alpha value is -0.0800. The smallest absolute Gasteiger partial charge is 0.00858 e. The number of hydrogen-bond acceptors (Lipinski definition) is 2. The first-order chi connectivity index (χ1) is 27.8. The summed E-state index contributed by atoms with van der Waals surface area (Å²) in [6.07, 6.45) is 62.5. The molecule has 0 N–H and O–H groups in total. The number of benzene rings is 1. The second-order valence-corrected chi connectivity index (χ2v) is 20.3. The largest absolute Gasteiger partial charge is 0.126 e. The van der Waals surface area contributed by atoms with Gasteiger partial charge in [-0.2, -0.15) is 0 Å². The van der Waals surface area contributed by atoms with Gasteiger partial charge < -0.3 is 0 Å². The van der Waals surface area contributed by atoms with E-state index < -0.39 is 0 Å². The summed E-state index contributed by atoms with van der Waals surface area (Å²) in [4.78, 5) is 3.03. The van der Waals surface area contributed by atoms with Crippen molar-refractivity contribution in [2.24, 2.45) is 0 Å². The Balaban J connectivity index is 1.87. The van der Waals surface area contributed by atoms with E-state index >= 15 is 0 Å². The molecule has 0 unspecified atom stereocenters. The third-order valence-corrected chi connectivity index (χ3v) is 14.5. The second kappa shape index (κ2) is 46.0. The molecule has 0 aliphatic heterocycles. The summed E-state index contributed by atoms with van der Waals surface area (Å²) in [5, 5.41) is 0. The molecule has 2 heteroatoms. The van der Waals surface area contributed by atoms with Crippen molar-refractivity contribution < 1.29 is 0 Å². The molecular weight excluding hydrogens is 713 g/mol. The SMILES string of the molecule is CCCCCCCCCCCCCCCCCCCCCCCSc1cc(CC)cc(SCCCCCCCCCCCCCCCCCCCCCCC)c1. The predicted molar refractivity (Wildman–Crippen MR) is 263 cm³/mol. The van der Waals surface area contributed by atoms with Crippen LogP contribution in [0.2, 0.25) is 0 Å². The lowest BCUT2D eigenvalue weighted by Gasteiger charge is -2.09. The first-order valence-electron chi connectivity index (χ1n) is 26.2. The zero-order chi connectivity index (χ0) is 40.1. The van der Waals surface area contributed by atoms with Gasteiger partial charge in [-0.25, -0.2) is 0 Å². The Kier molecular flexibility index (Phi) is 44.3. The van der Waals surface area contributed by atoms with Crippen molar-refractivity contribution in [3.63, 3.8) is 0 Å². The Morgan fingerprint density at radius 1 is 0.250 bits per heavy atom. The van der Waals surface area contributed by atoms with Gasteiger partial charge in [0.2, 0.25) is 0 Å². The van der Waals surface area contributed by atoms with Gasteiger partial charge in [-0.3, -0.25) is 0 Å². The van der Waals surface area contributed by atoms with Crippen LogP contribution < -0.4 is 0 Å². The van der Waals surface area contributed by atoms with Gasteiger partial charge in [-0.05, 0) is 54.5 Å². The third kappa shape index (κ3) is 39.4. The highest BCUT2D eigenvalue weighted by Gasteiger charge is 2.04. The average Bonchev–Trinajstić information content (AvgIpc) is 3.21. The van der Waals surface area contributed by atoms with Crippen LogP contribution in [-0.2, 0) is 6.42 Å². The van der Waals surface area contributed by atoms with Crippen LogP contribution in [0.1, 0.15) is 296 Å². The summed E-state index contributed by atoms with van der Waals surface area (Å²) in [7, 11) is 0. The molecule has 0 fully saturated rings. The van der Waals surface area contributed by atoms with Crippen molar-refractivity contribution in [1.82, 2.24) is 0 Å². The van der Waals surface area contributed by atoms with E-state index in [-0.39, 0.29) is 0 Å². The standard InChI is InChI=1S/C54H102S2/c1-4-7-9-11-13-15-17-19-21-23-25-27-29-31-33-35-37-39-41-43-45-47-55-53-49-52(6-3)50-54(51-53)56-48-46-44-42-40-38-36-34-32-30-28-26-24-22-20-18-16-14-12-10-8-5-2/h49-51H,4-48H2,1-3H3. The highest BCUT2D eigenvalue weighted by molar-refractivity contribution is 8.00. The molecule has 0 bridgehead atoms. The lowest BCUT2D eigenvalue weighted by Crippen LogP contribution is -1.88. The van der Waals surface area contributed by atoms with Crippen LogP contribution in [0.25, 0.3) is 0 Å². The Bertz CT molecular complexity index is 813. The van der Waals surface area contributed by atoms with E-state index in [1.165, 1.54) is 297 Å². The molecule has 1 rings (SSSR count). The molecule has 0 aliphatic carbocycles. The van der Waals surface area contributed by atoms with Crippen LogP contribution in [0, 0.1) is 0 Å². The molecule has 330 valence electrons. The number of thioether (sulfide) groups is 2. The summed E-state index contributed by atoms with van der Waals surface area (Å²) in [6, 6.07) is 7.42. The quantitative estimate of drug-likeness (QED) is 0.0475. The van der Waals surface area contributed by atoms with Crippen molar-refractivity contribution >= 4 is 23.5 Å². The van der Waals surface area contributed by atoms with Crippen molar-refractivity contribution in [2.45, 2.75) is 307 Å². The highest BCUT2D eigenvalue weighted by Crippen LogP contribution is 2.29. The van der Waals surface area contributed by atoms with E-state index in [2.05, 4.69) is 62.5 Å². The van der Waals surface area contributed by atoms with Crippen LogP contribution in [-0.4, -0.2) is 11.5 Å². The molecule has 0 aromatic heterocycles. The highest BCUT2D eigenvalue weighted by atomic mass is 32.2. The van der Waals surface area contributed by atoms with Gasteiger partial charge >= 0.3 is 0 Å². The van der Waals surface area contributed by atoms with E-state index in [1.807, 2.05) is 0 Å². The van der Waals surface area contributed by atoms with Crippen molar-refractivity contribution in [3.8, 4) is 0 Å². The van der Waals surface area contributed by atoms with Gasteiger partial charge in [0.05, 0.1) is 0 Å². The van der Waals surface area contributed by atoms with Crippen molar-refractivity contribution in [3.05, 3.63) is 23.8 Å². The molecule has 0 nitrogen and oxygen atoms in total. The first-order valence-corrected chi connectivity index (χ1v) is 28.2. The fourth-order valence-corrected chi connectivity index (χ4v) is 10.6. The minimum atomic E-state index is 1.15. The van der Waals surface area contributed by atoms with Gasteiger partial charge in [0.1, 0.15) is 0 Å². The van der Waals surface area contributed by atoms with Crippen LogP contribution >= 0.6 is 23.5 Å². The molecule has 0 saturated carbocycles. The Morgan fingerprint density at radius 2 is 0.446 bits per heavy atom. The van der Waals surface area contributed by atoms with E-state index in [4.69, 9.17) is 0 Å².